The van der Waals surface area contributed by atoms with Crippen LogP contribution in [0.1, 0.15) is 24.8 Å². The Hall–Kier alpha value is -1.62. The highest BCUT2D eigenvalue weighted by Gasteiger charge is 2.41. The quantitative estimate of drug-likeness (QED) is 0.600. The zero-order chi connectivity index (χ0) is 13.2. The minimum absolute atomic E-state index is 0.145. The lowest BCUT2D eigenvalue weighted by atomic mass is 10.0. The molecule has 1 saturated carbocycles. The van der Waals surface area contributed by atoms with Crippen molar-refractivity contribution in [3.05, 3.63) is 33.9 Å². The topological polar surface area (TPSA) is 75.4 Å². The van der Waals surface area contributed by atoms with Crippen LogP contribution >= 0.6 is 0 Å². The molecule has 0 saturated heterocycles. The van der Waals surface area contributed by atoms with E-state index < -0.39 is 0 Å². The van der Waals surface area contributed by atoms with Crippen LogP contribution in [0.5, 0.6) is 0 Å². The van der Waals surface area contributed by atoms with Crippen LogP contribution in [0.3, 0.4) is 0 Å². The van der Waals surface area contributed by atoms with Gasteiger partial charge in [0.1, 0.15) is 0 Å². The summed E-state index contributed by atoms with van der Waals surface area (Å²) in [4.78, 5) is 10.5. The number of aliphatic hydroxyl groups is 1. The Balaban J connectivity index is 2.06. The van der Waals surface area contributed by atoms with Gasteiger partial charge in [0.25, 0.3) is 5.69 Å². The summed E-state index contributed by atoms with van der Waals surface area (Å²) in [5.41, 5.74) is 1.83. The van der Waals surface area contributed by atoms with E-state index in [1.54, 1.807) is 13.0 Å². The van der Waals surface area contributed by atoms with E-state index in [-0.39, 0.29) is 22.6 Å². The molecular weight excluding hydrogens is 232 g/mol. The van der Waals surface area contributed by atoms with E-state index >= 15 is 0 Å². The molecule has 5 heteroatoms. The van der Waals surface area contributed by atoms with E-state index in [2.05, 4.69) is 5.32 Å². The SMILES string of the molecule is Cc1c(NCC2(CCO)CC2)cccc1[N+](=O)[O-]. The first-order valence-corrected chi connectivity index (χ1v) is 6.17. The fraction of sp³-hybridized carbons (Fsp3) is 0.538. The summed E-state index contributed by atoms with van der Waals surface area (Å²) in [5, 5.41) is 23.1. The molecule has 0 heterocycles. The van der Waals surface area contributed by atoms with Crippen molar-refractivity contribution in [3.63, 3.8) is 0 Å². The highest BCUT2D eigenvalue weighted by Crippen LogP contribution is 2.48. The predicted octanol–water partition coefficient (Wildman–Crippen LogP) is 2.48. The van der Waals surface area contributed by atoms with E-state index in [1.807, 2.05) is 6.07 Å². The summed E-state index contributed by atoms with van der Waals surface area (Å²) < 4.78 is 0. The third-order valence-electron chi connectivity index (χ3n) is 3.75. The summed E-state index contributed by atoms with van der Waals surface area (Å²) in [7, 11) is 0. The Morgan fingerprint density at radius 3 is 2.78 bits per heavy atom. The summed E-state index contributed by atoms with van der Waals surface area (Å²) in [6.45, 7) is 2.73. The maximum Gasteiger partial charge on any atom is 0.274 e. The van der Waals surface area contributed by atoms with Gasteiger partial charge in [-0.2, -0.15) is 0 Å². The molecule has 0 unspecified atom stereocenters. The number of aliphatic hydroxyl groups excluding tert-OH is 1. The monoisotopic (exact) mass is 250 g/mol. The summed E-state index contributed by atoms with van der Waals surface area (Å²) in [6, 6.07) is 5.07. The van der Waals surface area contributed by atoms with Gasteiger partial charge in [0.2, 0.25) is 0 Å². The summed E-state index contributed by atoms with van der Waals surface area (Å²) >= 11 is 0. The molecule has 0 aliphatic heterocycles. The van der Waals surface area contributed by atoms with Crippen molar-refractivity contribution < 1.29 is 10.0 Å². The minimum atomic E-state index is -0.360. The molecule has 0 spiro atoms. The fourth-order valence-electron chi connectivity index (χ4n) is 2.22. The van der Waals surface area contributed by atoms with Crippen LogP contribution in [0.2, 0.25) is 0 Å². The standard InChI is InChI=1S/C13H18N2O3/c1-10-11(3-2-4-12(10)15(17)18)14-9-13(5-6-13)7-8-16/h2-4,14,16H,5-9H2,1H3. The molecule has 0 atom stereocenters. The van der Waals surface area contributed by atoms with E-state index in [0.717, 1.165) is 31.5 Å². The van der Waals surface area contributed by atoms with Crippen molar-refractivity contribution in [3.8, 4) is 0 Å². The lowest BCUT2D eigenvalue weighted by molar-refractivity contribution is -0.385. The molecule has 5 nitrogen and oxygen atoms in total. The maximum absolute atomic E-state index is 10.8. The number of nitro benzene ring substituents is 1. The van der Waals surface area contributed by atoms with Gasteiger partial charge in [-0.3, -0.25) is 10.1 Å². The molecule has 98 valence electrons. The average Bonchev–Trinajstić information content (AvgIpc) is 3.08. The lowest BCUT2D eigenvalue weighted by Gasteiger charge is -2.16. The van der Waals surface area contributed by atoms with Gasteiger partial charge in [-0.1, -0.05) is 6.07 Å². The second-order valence-electron chi connectivity index (χ2n) is 5.03. The molecule has 2 N–H and O–H groups in total. The Morgan fingerprint density at radius 2 is 2.22 bits per heavy atom. The van der Waals surface area contributed by atoms with Gasteiger partial charge in [-0.05, 0) is 37.7 Å². The van der Waals surface area contributed by atoms with Gasteiger partial charge in [0.05, 0.1) is 4.92 Å². The highest BCUT2D eigenvalue weighted by atomic mass is 16.6. The molecule has 1 aromatic rings. The van der Waals surface area contributed by atoms with Crippen LogP contribution in [0.25, 0.3) is 0 Å². The predicted molar refractivity (Wildman–Crippen MR) is 69.7 cm³/mol. The molecule has 18 heavy (non-hydrogen) atoms. The molecular formula is C13H18N2O3. The molecule has 0 aromatic heterocycles. The molecule has 1 fully saturated rings. The third kappa shape index (κ3) is 2.61. The van der Waals surface area contributed by atoms with E-state index in [0.29, 0.717) is 5.56 Å². The fourth-order valence-corrected chi connectivity index (χ4v) is 2.22. The number of hydrogen-bond donors (Lipinski definition) is 2. The van der Waals surface area contributed by atoms with Crippen LogP contribution < -0.4 is 5.32 Å². The first-order chi connectivity index (χ1) is 8.58. The second-order valence-corrected chi connectivity index (χ2v) is 5.03. The van der Waals surface area contributed by atoms with Gasteiger partial charge in [-0.25, -0.2) is 0 Å². The molecule has 0 amide bonds. The van der Waals surface area contributed by atoms with Gasteiger partial charge in [-0.15, -0.1) is 0 Å². The zero-order valence-corrected chi connectivity index (χ0v) is 10.5. The Labute approximate surface area is 106 Å². The number of benzene rings is 1. The maximum atomic E-state index is 10.8. The number of rotatable bonds is 6. The molecule has 1 aromatic carbocycles. The summed E-state index contributed by atoms with van der Waals surface area (Å²) in [5.74, 6) is 0. The summed E-state index contributed by atoms with van der Waals surface area (Å²) in [6.07, 6.45) is 3.04. The molecule has 0 bridgehead atoms. The van der Waals surface area contributed by atoms with Crippen LogP contribution in [-0.4, -0.2) is 23.2 Å². The highest BCUT2D eigenvalue weighted by molar-refractivity contribution is 5.59. The largest absolute Gasteiger partial charge is 0.396 e. The van der Waals surface area contributed by atoms with Crippen molar-refractivity contribution in [1.82, 2.24) is 0 Å². The second kappa shape index (κ2) is 4.94. The van der Waals surface area contributed by atoms with Crippen molar-refractivity contribution in [1.29, 1.82) is 0 Å². The number of hydrogen-bond acceptors (Lipinski definition) is 4. The molecule has 1 aliphatic carbocycles. The number of nitro groups is 1. The molecule has 2 rings (SSSR count). The smallest absolute Gasteiger partial charge is 0.274 e. The van der Waals surface area contributed by atoms with Gasteiger partial charge in [0, 0.05) is 30.5 Å². The van der Waals surface area contributed by atoms with Crippen molar-refractivity contribution in [2.75, 3.05) is 18.5 Å². The number of nitrogens with zero attached hydrogens (tertiary/aromatic N) is 1. The van der Waals surface area contributed by atoms with E-state index in [9.17, 15) is 10.1 Å². The van der Waals surface area contributed by atoms with Gasteiger partial charge >= 0.3 is 0 Å². The first kappa shape index (κ1) is 12.8. The van der Waals surface area contributed by atoms with Crippen LogP contribution in [-0.2, 0) is 0 Å². The van der Waals surface area contributed by atoms with Crippen molar-refractivity contribution in [2.45, 2.75) is 26.2 Å². The van der Waals surface area contributed by atoms with Crippen LogP contribution in [0.4, 0.5) is 11.4 Å². The minimum Gasteiger partial charge on any atom is -0.396 e. The average molecular weight is 250 g/mol. The molecule has 0 radical (unpaired) electrons. The van der Waals surface area contributed by atoms with Gasteiger partial charge < -0.3 is 10.4 Å². The van der Waals surface area contributed by atoms with E-state index in [4.69, 9.17) is 5.11 Å². The molecule has 1 aliphatic rings. The van der Waals surface area contributed by atoms with E-state index in [1.165, 1.54) is 6.07 Å². The van der Waals surface area contributed by atoms with Crippen molar-refractivity contribution in [2.24, 2.45) is 5.41 Å². The lowest BCUT2D eigenvalue weighted by Crippen LogP contribution is -2.17. The van der Waals surface area contributed by atoms with Crippen LogP contribution in [0.15, 0.2) is 18.2 Å². The Morgan fingerprint density at radius 1 is 1.50 bits per heavy atom. The number of nitrogens with one attached hydrogen (secondary N) is 1. The number of anilines is 1. The van der Waals surface area contributed by atoms with Gasteiger partial charge in [0.15, 0.2) is 0 Å². The zero-order valence-electron chi connectivity index (χ0n) is 10.5. The first-order valence-electron chi connectivity index (χ1n) is 6.17. The van der Waals surface area contributed by atoms with Crippen LogP contribution in [0, 0.1) is 22.5 Å². The Bertz CT molecular complexity index is 456. The van der Waals surface area contributed by atoms with Crippen molar-refractivity contribution >= 4 is 11.4 Å². The third-order valence-corrected chi connectivity index (χ3v) is 3.75. The normalized spacial score (nSPS) is 16.3. The Kier molecular flexibility index (Phi) is 3.52.